The van der Waals surface area contributed by atoms with Gasteiger partial charge in [0.15, 0.2) is 0 Å². The molecular formula is C12H15N3O4. The normalized spacial score (nSPS) is 9.95. The van der Waals surface area contributed by atoms with E-state index in [9.17, 15) is 14.9 Å². The van der Waals surface area contributed by atoms with Gasteiger partial charge in [-0.3, -0.25) is 14.9 Å². The molecule has 0 fully saturated rings. The van der Waals surface area contributed by atoms with Crippen LogP contribution in [0, 0.1) is 10.1 Å². The van der Waals surface area contributed by atoms with Crippen LogP contribution in [-0.4, -0.2) is 35.6 Å². The van der Waals surface area contributed by atoms with E-state index in [-0.39, 0.29) is 24.4 Å². The predicted octanol–water partition coefficient (Wildman–Crippen LogP) is 0.678. The van der Waals surface area contributed by atoms with E-state index in [0.717, 1.165) is 6.07 Å². The van der Waals surface area contributed by atoms with E-state index < -0.39 is 10.8 Å². The first-order valence-electron chi connectivity index (χ1n) is 5.56. The van der Waals surface area contributed by atoms with E-state index in [4.69, 9.17) is 10.8 Å². The predicted molar refractivity (Wildman–Crippen MR) is 71.1 cm³/mol. The van der Waals surface area contributed by atoms with Gasteiger partial charge < -0.3 is 15.7 Å². The van der Waals surface area contributed by atoms with E-state index in [1.807, 2.05) is 0 Å². The number of nitrogens with two attached hydrogens (primary N) is 1. The number of aliphatic hydroxyl groups excluding tert-OH is 1. The van der Waals surface area contributed by atoms with Crippen LogP contribution in [0.4, 0.5) is 11.4 Å². The second kappa shape index (κ2) is 6.50. The molecule has 1 amide bonds. The highest BCUT2D eigenvalue weighted by Crippen LogP contribution is 2.29. The highest BCUT2D eigenvalue weighted by atomic mass is 16.6. The number of hydrogen-bond acceptors (Lipinski definition) is 5. The molecule has 3 N–H and O–H groups in total. The Bertz CT molecular complexity index is 502. The summed E-state index contributed by atoms with van der Waals surface area (Å²) in [6.45, 7) is 3.98. The number of primary amides is 1. The average Bonchev–Trinajstić information content (AvgIpc) is 2.37. The van der Waals surface area contributed by atoms with Crippen LogP contribution in [0.5, 0.6) is 0 Å². The lowest BCUT2D eigenvalue weighted by molar-refractivity contribution is -0.384. The number of nitro groups is 1. The Balaban J connectivity index is 3.27. The third-order valence-corrected chi connectivity index (χ3v) is 2.52. The lowest BCUT2D eigenvalue weighted by Crippen LogP contribution is -2.27. The molecule has 19 heavy (non-hydrogen) atoms. The van der Waals surface area contributed by atoms with E-state index in [2.05, 4.69) is 6.58 Å². The van der Waals surface area contributed by atoms with Crippen LogP contribution in [0.15, 0.2) is 30.9 Å². The molecule has 0 saturated heterocycles. The van der Waals surface area contributed by atoms with Gasteiger partial charge in [-0.15, -0.1) is 6.58 Å². The smallest absolute Gasteiger partial charge is 0.293 e. The van der Waals surface area contributed by atoms with Crippen molar-refractivity contribution < 1.29 is 14.8 Å². The Morgan fingerprint density at radius 2 is 2.26 bits per heavy atom. The summed E-state index contributed by atoms with van der Waals surface area (Å²) in [6, 6.07) is 3.99. The van der Waals surface area contributed by atoms with Crippen molar-refractivity contribution in [3.8, 4) is 0 Å². The summed E-state index contributed by atoms with van der Waals surface area (Å²) in [5.41, 5.74) is 5.24. The van der Waals surface area contributed by atoms with E-state index in [1.54, 1.807) is 11.0 Å². The molecule has 1 aromatic carbocycles. The van der Waals surface area contributed by atoms with Crippen molar-refractivity contribution in [1.82, 2.24) is 0 Å². The molecule has 0 radical (unpaired) electrons. The zero-order chi connectivity index (χ0) is 14.4. The quantitative estimate of drug-likeness (QED) is 0.428. The van der Waals surface area contributed by atoms with Crippen LogP contribution in [0.1, 0.15) is 10.4 Å². The van der Waals surface area contributed by atoms with Crippen LogP contribution in [0.25, 0.3) is 0 Å². The van der Waals surface area contributed by atoms with Crippen LogP contribution in [0.3, 0.4) is 0 Å². The first-order valence-corrected chi connectivity index (χ1v) is 5.56. The fraction of sp³-hybridized carbons (Fsp3) is 0.250. The largest absolute Gasteiger partial charge is 0.395 e. The maximum Gasteiger partial charge on any atom is 0.293 e. The number of nitro benzene ring substituents is 1. The van der Waals surface area contributed by atoms with E-state index >= 15 is 0 Å². The fourth-order valence-electron chi connectivity index (χ4n) is 1.68. The van der Waals surface area contributed by atoms with Crippen molar-refractivity contribution in [2.45, 2.75) is 0 Å². The maximum atomic E-state index is 11.0. The van der Waals surface area contributed by atoms with Gasteiger partial charge in [0.1, 0.15) is 5.69 Å². The maximum absolute atomic E-state index is 11.0. The Morgan fingerprint density at radius 3 is 2.74 bits per heavy atom. The van der Waals surface area contributed by atoms with Crippen molar-refractivity contribution in [1.29, 1.82) is 0 Å². The summed E-state index contributed by atoms with van der Waals surface area (Å²) < 4.78 is 0. The molecule has 0 heterocycles. The minimum atomic E-state index is -0.730. The summed E-state index contributed by atoms with van der Waals surface area (Å²) in [7, 11) is 0. The number of anilines is 1. The van der Waals surface area contributed by atoms with Crippen LogP contribution in [-0.2, 0) is 0 Å². The third-order valence-electron chi connectivity index (χ3n) is 2.52. The standard InChI is InChI=1S/C12H15N3O4/c1-2-5-14(6-7-16)10-4-3-9(12(13)17)8-11(10)15(18)19/h2-4,8,16H,1,5-7H2,(H2,13,17). The number of carbonyl (C=O) groups is 1. The molecule has 0 aromatic heterocycles. The highest BCUT2D eigenvalue weighted by molar-refractivity contribution is 5.94. The zero-order valence-electron chi connectivity index (χ0n) is 10.3. The SMILES string of the molecule is C=CCN(CCO)c1ccc(C(N)=O)cc1[N+](=O)[O-]. The molecule has 7 nitrogen and oxygen atoms in total. The lowest BCUT2D eigenvalue weighted by Gasteiger charge is -2.22. The molecule has 0 aliphatic rings. The Hall–Kier alpha value is -2.41. The van der Waals surface area contributed by atoms with E-state index in [1.165, 1.54) is 12.1 Å². The van der Waals surface area contributed by atoms with Gasteiger partial charge in [0.25, 0.3) is 5.69 Å². The molecule has 0 aliphatic heterocycles. The number of aliphatic hydroxyl groups is 1. The molecular weight excluding hydrogens is 250 g/mol. The van der Waals surface area contributed by atoms with Crippen LogP contribution >= 0.6 is 0 Å². The number of benzene rings is 1. The number of nitrogens with zero attached hydrogens (tertiary/aromatic N) is 2. The van der Waals surface area contributed by atoms with Crippen molar-refractivity contribution in [2.24, 2.45) is 5.73 Å². The van der Waals surface area contributed by atoms with Gasteiger partial charge in [-0.1, -0.05) is 6.08 Å². The summed E-state index contributed by atoms with van der Waals surface area (Å²) in [4.78, 5) is 23.1. The first-order chi connectivity index (χ1) is 9.01. The van der Waals surface area contributed by atoms with Crippen molar-refractivity contribution in [3.63, 3.8) is 0 Å². The van der Waals surface area contributed by atoms with Gasteiger partial charge in [-0.25, -0.2) is 0 Å². The monoisotopic (exact) mass is 265 g/mol. The average molecular weight is 265 g/mol. The molecule has 0 atom stereocenters. The summed E-state index contributed by atoms with van der Waals surface area (Å²) in [5, 5.41) is 20.0. The molecule has 1 rings (SSSR count). The highest BCUT2D eigenvalue weighted by Gasteiger charge is 2.20. The molecule has 0 saturated carbocycles. The third kappa shape index (κ3) is 3.52. The molecule has 0 aliphatic carbocycles. The Labute approximate surface area is 110 Å². The lowest BCUT2D eigenvalue weighted by atomic mass is 10.1. The fourth-order valence-corrected chi connectivity index (χ4v) is 1.68. The minimum absolute atomic E-state index is 0.0676. The van der Waals surface area contributed by atoms with Gasteiger partial charge in [0.05, 0.1) is 11.5 Å². The summed E-state index contributed by atoms with van der Waals surface area (Å²) in [5.74, 6) is -0.730. The zero-order valence-corrected chi connectivity index (χ0v) is 10.3. The second-order valence-corrected chi connectivity index (χ2v) is 3.78. The minimum Gasteiger partial charge on any atom is -0.395 e. The summed E-state index contributed by atoms with van der Waals surface area (Å²) in [6.07, 6.45) is 1.57. The molecule has 102 valence electrons. The van der Waals surface area contributed by atoms with Gasteiger partial charge in [0, 0.05) is 24.7 Å². The van der Waals surface area contributed by atoms with Crippen molar-refractivity contribution in [2.75, 3.05) is 24.6 Å². The molecule has 0 unspecified atom stereocenters. The van der Waals surface area contributed by atoms with Crippen molar-refractivity contribution in [3.05, 3.63) is 46.5 Å². The van der Waals surface area contributed by atoms with Crippen LogP contribution in [0.2, 0.25) is 0 Å². The van der Waals surface area contributed by atoms with Gasteiger partial charge in [0.2, 0.25) is 5.91 Å². The van der Waals surface area contributed by atoms with Gasteiger partial charge in [-0.2, -0.15) is 0 Å². The number of hydrogen-bond donors (Lipinski definition) is 2. The Kier molecular flexibility index (Phi) is 5.01. The molecule has 1 aromatic rings. The van der Waals surface area contributed by atoms with Gasteiger partial charge >= 0.3 is 0 Å². The molecule has 0 bridgehead atoms. The molecule has 0 spiro atoms. The number of carbonyl (C=O) groups excluding carboxylic acids is 1. The number of amides is 1. The van der Waals surface area contributed by atoms with Crippen molar-refractivity contribution >= 4 is 17.3 Å². The second-order valence-electron chi connectivity index (χ2n) is 3.78. The summed E-state index contributed by atoms with van der Waals surface area (Å²) >= 11 is 0. The molecule has 7 heteroatoms. The Morgan fingerprint density at radius 1 is 1.58 bits per heavy atom. The van der Waals surface area contributed by atoms with E-state index in [0.29, 0.717) is 12.2 Å². The van der Waals surface area contributed by atoms with Crippen LogP contribution < -0.4 is 10.6 Å². The topological polar surface area (TPSA) is 110 Å². The number of rotatable bonds is 7. The first kappa shape index (κ1) is 14.7. The van der Waals surface area contributed by atoms with Gasteiger partial charge in [-0.05, 0) is 12.1 Å².